The number of halogens is 1. The molecule has 0 aliphatic carbocycles. The molecule has 0 amide bonds. The Morgan fingerprint density at radius 1 is 1.35 bits per heavy atom. The van der Waals surface area contributed by atoms with Gasteiger partial charge in [0.05, 0.1) is 6.54 Å². The monoisotopic (exact) mass is 395 g/mol. The van der Waals surface area contributed by atoms with Crippen LogP contribution < -0.4 is 10.6 Å². The topological polar surface area (TPSA) is 69.8 Å². The quantitative estimate of drug-likeness (QED) is 0.393. The molecule has 0 radical (unpaired) electrons. The van der Waals surface area contributed by atoms with Gasteiger partial charge in [-0.1, -0.05) is 6.92 Å². The molecule has 20 heavy (non-hydrogen) atoms. The number of aliphatic imine (C=N–C) groups is 1. The van der Waals surface area contributed by atoms with Crippen molar-refractivity contribution in [1.82, 2.24) is 10.6 Å². The van der Waals surface area contributed by atoms with E-state index in [0.717, 1.165) is 25.3 Å². The standard InChI is InChI=1S/C14H25N3O2.HI/c1-5-9-16-13(15-6-2)17-10-14(4,18)12-8-7-11(3)19-12;/h7-8,18H,5-6,9-10H2,1-4H3,(H2,15,16,17);1H. The van der Waals surface area contributed by atoms with Crippen molar-refractivity contribution in [1.29, 1.82) is 0 Å². The number of aliphatic hydroxyl groups is 1. The molecule has 116 valence electrons. The molecule has 0 aliphatic rings. The molecule has 6 heteroatoms. The van der Waals surface area contributed by atoms with Crippen molar-refractivity contribution in [2.45, 2.75) is 39.7 Å². The molecule has 0 aromatic carbocycles. The minimum atomic E-state index is -1.09. The van der Waals surface area contributed by atoms with Crippen molar-refractivity contribution >= 4 is 29.9 Å². The third-order valence-corrected chi connectivity index (χ3v) is 2.70. The van der Waals surface area contributed by atoms with Gasteiger partial charge in [-0.05, 0) is 39.3 Å². The molecule has 0 saturated heterocycles. The summed E-state index contributed by atoms with van der Waals surface area (Å²) in [6.45, 7) is 9.56. The highest BCUT2D eigenvalue weighted by atomic mass is 127. The molecule has 1 heterocycles. The molecule has 0 fully saturated rings. The number of aryl methyl sites for hydroxylation is 1. The van der Waals surface area contributed by atoms with E-state index in [0.29, 0.717) is 11.7 Å². The summed E-state index contributed by atoms with van der Waals surface area (Å²) in [6.07, 6.45) is 1.03. The average molecular weight is 395 g/mol. The van der Waals surface area contributed by atoms with Crippen LogP contribution in [0.4, 0.5) is 0 Å². The first-order valence-electron chi connectivity index (χ1n) is 6.81. The Balaban J connectivity index is 0.00000361. The number of hydrogen-bond donors (Lipinski definition) is 3. The lowest BCUT2D eigenvalue weighted by Crippen LogP contribution is -2.39. The number of guanidine groups is 1. The summed E-state index contributed by atoms with van der Waals surface area (Å²) in [5.41, 5.74) is -1.09. The fraction of sp³-hybridized carbons (Fsp3) is 0.643. The molecule has 0 bridgehead atoms. The van der Waals surface area contributed by atoms with Gasteiger partial charge in [0.25, 0.3) is 0 Å². The van der Waals surface area contributed by atoms with Crippen LogP contribution in [-0.2, 0) is 5.60 Å². The SMILES string of the molecule is CCCNC(=NCC(C)(O)c1ccc(C)o1)NCC.I. The van der Waals surface area contributed by atoms with Crippen LogP contribution in [0, 0.1) is 6.92 Å². The highest BCUT2D eigenvalue weighted by Crippen LogP contribution is 2.22. The molecule has 1 unspecified atom stereocenters. The van der Waals surface area contributed by atoms with E-state index in [4.69, 9.17) is 4.42 Å². The minimum absolute atomic E-state index is 0. The van der Waals surface area contributed by atoms with Gasteiger partial charge in [0.1, 0.15) is 17.1 Å². The normalized spacial score (nSPS) is 14.3. The summed E-state index contributed by atoms with van der Waals surface area (Å²) >= 11 is 0. The largest absolute Gasteiger partial charge is 0.463 e. The molecule has 3 N–H and O–H groups in total. The van der Waals surface area contributed by atoms with Crippen molar-refractivity contribution in [2.24, 2.45) is 4.99 Å². The lowest BCUT2D eigenvalue weighted by Gasteiger charge is -2.19. The van der Waals surface area contributed by atoms with Crippen LogP contribution in [0.1, 0.15) is 38.7 Å². The molecule has 1 aromatic rings. The number of nitrogens with zero attached hydrogens (tertiary/aromatic N) is 1. The Morgan fingerprint density at radius 2 is 2.05 bits per heavy atom. The van der Waals surface area contributed by atoms with Crippen molar-refractivity contribution in [3.63, 3.8) is 0 Å². The summed E-state index contributed by atoms with van der Waals surface area (Å²) in [7, 11) is 0. The van der Waals surface area contributed by atoms with E-state index < -0.39 is 5.60 Å². The molecule has 1 atom stereocenters. The van der Waals surface area contributed by atoms with Gasteiger partial charge in [0.15, 0.2) is 5.96 Å². The Morgan fingerprint density at radius 3 is 2.55 bits per heavy atom. The Hall–Kier alpha value is -0.760. The molecule has 0 spiro atoms. The van der Waals surface area contributed by atoms with Crippen LogP contribution in [0.25, 0.3) is 0 Å². The molecule has 1 rings (SSSR count). The Labute approximate surface area is 138 Å². The number of nitrogens with one attached hydrogen (secondary N) is 2. The van der Waals surface area contributed by atoms with Gasteiger partial charge in [0, 0.05) is 13.1 Å². The van der Waals surface area contributed by atoms with Gasteiger partial charge >= 0.3 is 0 Å². The zero-order valence-corrected chi connectivity index (χ0v) is 15.0. The minimum Gasteiger partial charge on any atom is -0.463 e. The fourth-order valence-electron chi connectivity index (χ4n) is 1.62. The van der Waals surface area contributed by atoms with Crippen molar-refractivity contribution in [3.05, 3.63) is 23.7 Å². The third-order valence-electron chi connectivity index (χ3n) is 2.70. The summed E-state index contributed by atoms with van der Waals surface area (Å²) in [6, 6.07) is 3.63. The van der Waals surface area contributed by atoms with Crippen molar-refractivity contribution in [3.8, 4) is 0 Å². The van der Waals surface area contributed by atoms with Gasteiger partial charge in [-0.2, -0.15) is 0 Å². The summed E-state index contributed by atoms with van der Waals surface area (Å²) in [5, 5.41) is 16.7. The van der Waals surface area contributed by atoms with E-state index in [1.807, 2.05) is 19.9 Å². The predicted molar refractivity (Wildman–Crippen MR) is 92.7 cm³/mol. The van der Waals surface area contributed by atoms with Crippen molar-refractivity contribution in [2.75, 3.05) is 19.6 Å². The number of rotatable bonds is 6. The summed E-state index contributed by atoms with van der Waals surface area (Å²) in [5.74, 6) is 2.04. The second-order valence-corrected chi connectivity index (χ2v) is 4.81. The van der Waals surface area contributed by atoms with Crippen molar-refractivity contribution < 1.29 is 9.52 Å². The van der Waals surface area contributed by atoms with E-state index in [1.165, 1.54) is 0 Å². The number of hydrogen-bond acceptors (Lipinski definition) is 3. The van der Waals surface area contributed by atoms with Crippen LogP contribution in [0.3, 0.4) is 0 Å². The maximum Gasteiger partial charge on any atom is 0.191 e. The van der Waals surface area contributed by atoms with Gasteiger partial charge in [-0.3, -0.25) is 0 Å². The van der Waals surface area contributed by atoms with E-state index in [-0.39, 0.29) is 30.5 Å². The van der Waals surface area contributed by atoms with Gasteiger partial charge in [-0.15, -0.1) is 24.0 Å². The zero-order valence-electron chi connectivity index (χ0n) is 12.7. The number of furan rings is 1. The molecule has 0 aliphatic heterocycles. The predicted octanol–water partition coefficient (Wildman–Crippen LogP) is 2.38. The molecular formula is C14H26IN3O2. The lowest BCUT2D eigenvalue weighted by atomic mass is 10.0. The second kappa shape index (κ2) is 9.23. The van der Waals surface area contributed by atoms with E-state index in [9.17, 15) is 5.11 Å². The molecular weight excluding hydrogens is 369 g/mol. The maximum atomic E-state index is 10.4. The highest BCUT2D eigenvalue weighted by molar-refractivity contribution is 14.0. The smallest absolute Gasteiger partial charge is 0.191 e. The Bertz CT molecular complexity index is 416. The third kappa shape index (κ3) is 6.13. The molecule has 1 aromatic heterocycles. The first-order chi connectivity index (χ1) is 8.99. The Kier molecular flexibility index (Phi) is 8.88. The van der Waals surface area contributed by atoms with Crippen LogP contribution in [0.15, 0.2) is 21.5 Å². The van der Waals surface area contributed by atoms with Gasteiger partial charge in [0.2, 0.25) is 0 Å². The molecule has 0 saturated carbocycles. The van der Waals surface area contributed by atoms with Gasteiger partial charge < -0.3 is 20.2 Å². The summed E-state index contributed by atoms with van der Waals surface area (Å²) in [4.78, 5) is 4.39. The zero-order chi connectivity index (χ0) is 14.3. The van der Waals surface area contributed by atoms with Crippen LogP contribution in [0.5, 0.6) is 0 Å². The van der Waals surface area contributed by atoms with Crippen LogP contribution in [-0.4, -0.2) is 30.7 Å². The fourth-order valence-corrected chi connectivity index (χ4v) is 1.62. The highest BCUT2D eigenvalue weighted by Gasteiger charge is 2.26. The molecule has 5 nitrogen and oxygen atoms in total. The second-order valence-electron chi connectivity index (χ2n) is 4.81. The van der Waals surface area contributed by atoms with Crippen LogP contribution in [0.2, 0.25) is 0 Å². The van der Waals surface area contributed by atoms with E-state index in [1.54, 1.807) is 13.0 Å². The summed E-state index contributed by atoms with van der Waals surface area (Å²) < 4.78 is 5.46. The first-order valence-corrected chi connectivity index (χ1v) is 6.81. The van der Waals surface area contributed by atoms with Crippen LogP contribution >= 0.6 is 24.0 Å². The maximum absolute atomic E-state index is 10.4. The van der Waals surface area contributed by atoms with Gasteiger partial charge in [-0.25, -0.2) is 4.99 Å². The van der Waals surface area contributed by atoms with E-state index in [2.05, 4.69) is 22.5 Å². The first kappa shape index (κ1) is 19.2. The van der Waals surface area contributed by atoms with E-state index >= 15 is 0 Å². The average Bonchev–Trinajstić information content (AvgIpc) is 2.80. The lowest BCUT2D eigenvalue weighted by molar-refractivity contribution is 0.0428.